The number of hydrogen-bond donors (Lipinski definition) is 2. The maximum absolute atomic E-state index is 12.6. The topological polar surface area (TPSA) is 120 Å². The molecule has 9 nitrogen and oxygen atoms in total. The monoisotopic (exact) mass is 397 g/mol. The number of nitrogens with one attached hydrogen (secondary N) is 1. The summed E-state index contributed by atoms with van der Waals surface area (Å²) in [4.78, 5) is 10.9. The van der Waals surface area contributed by atoms with Crippen LogP contribution in [0.5, 0.6) is 11.5 Å². The predicted octanol–water partition coefficient (Wildman–Crippen LogP) is 1.44. The molecule has 0 aliphatic carbocycles. The number of hydrogen-bond acceptors (Lipinski definition) is 6. The highest BCUT2D eigenvalue weighted by atomic mass is 32.2. The first-order valence-corrected chi connectivity index (χ1v) is 9.75. The van der Waals surface area contributed by atoms with Gasteiger partial charge in [0, 0.05) is 13.1 Å². The minimum absolute atomic E-state index is 0.367. The molecule has 0 saturated carbocycles. The van der Waals surface area contributed by atoms with Gasteiger partial charge in [-0.1, -0.05) is 6.07 Å². The second-order valence-corrected chi connectivity index (χ2v) is 7.61. The summed E-state index contributed by atoms with van der Waals surface area (Å²) in [6.45, 7) is 4.06. The number of carbonyl (C=O) groups is 1. The number of aromatic nitrogens is 2. The zero-order chi connectivity index (χ0) is 20.2. The summed E-state index contributed by atoms with van der Waals surface area (Å²) in [6.07, 6.45) is 1.41. The molecular formula is C17H23N3O6S. The van der Waals surface area contributed by atoms with E-state index in [1.807, 2.05) is 13.0 Å². The zero-order valence-electron chi connectivity index (χ0n) is 15.6. The van der Waals surface area contributed by atoms with E-state index >= 15 is 0 Å². The fourth-order valence-corrected chi connectivity index (χ4v) is 4.10. The zero-order valence-corrected chi connectivity index (χ0v) is 16.4. The third-order valence-electron chi connectivity index (χ3n) is 3.82. The van der Waals surface area contributed by atoms with E-state index in [2.05, 4.69) is 9.82 Å². The molecule has 1 atom stereocenters. The first-order chi connectivity index (χ1) is 12.7. The van der Waals surface area contributed by atoms with Gasteiger partial charge in [-0.2, -0.15) is 5.10 Å². The van der Waals surface area contributed by atoms with Crippen molar-refractivity contribution in [3.8, 4) is 11.5 Å². The highest BCUT2D eigenvalue weighted by Crippen LogP contribution is 2.28. The van der Waals surface area contributed by atoms with Crippen molar-refractivity contribution >= 4 is 16.0 Å². The summed E-state index contributed by atoms with van der Waals surface area (Å²) < 4.78 is 39.4. The first-order valence-electron chi connectivity index (χ1n) is 8.27. The largest absolute Gasteiger partial charge is 0.493 e. The molecule has 0 radical (unpaired) electrons. The molecule has 1 heterocycles. The Hall–Kier alpha value is -2.59. The number of nitrogens with zero attached hydrogens (tertiary/aromatic N) is 2. The van der Waals surface area contributed by atoms with Crippen molar-refractivity contribution in [2.45, 2.75) is 31.2 Å². The van der Waals surface area contributed by atoms with E-state index < -0.39 is 27.7 Å². The number of ether oxygens (including phenoxy) is 2. The quantitative estimate of drug-likeness (QED) is 0.657. The number of carboxylic acids is 1. The molecule has 1 aromatic heterocycles. The second kappa shape index (κ2) is 8.40. The van der Waals surface area contributed by atoms with Gasteiger partial charge in [0.05, 0.1) is 19.9 Å². The lowest BCUT2D eigenvalue weighted by atomic mass is 10.1. The molecule has 10 heteroatoms. The Labute approximate surface area is 158 Å². The van der Waals surface area contributed by atoms with Crippen molar-refractivity contribution in [3.05, 3.63) is 35.7 Å². The van der Waals surface area contributed by atoms with E-state index in [1.165, 1.54) is 14.2 Å². The van der Waals surface area contributed by atoms with Gasteiger partial charge in [0.2, 0.25) is 10.0 Å². The van der Waals surface area contributed by atoms with Crippen molar-refractivity contribution in [1.29, 1.82) is 0 Å². The van der Waals surface area contributed by atoms with Crippen LogP contribution in [0, 0.1) is 0 Å². The van der Waals surface area contributed by atoms with Crippen LogP contribution in [0.4, 0.5) is 0 Å². The number of carboxylic acid groups (broad SMARTS) is 1. The van der Waals surface area contributed by atoms with Crippen LogP contribution in [0.25, 0.3) is 0 Å². The Morgan fingerprint density at radius 2 is 2.07 bits per heavy atom. The average molecular weight is 397 g/mol. The molecule has 0 aliphatic heterocycles. The highest BCUT2D eigenvalue weighted by molar-refractivity contribution is 7.89. The van der Waals surface area contributed by atoms with Crippen LogP contribution in [-0.2, 0) is 23.5 Å². The maximum atomic E-state index is 12.6. The molecule has 2 aromatic rings. The summed E-state index contributed by atoms with van der Waals surface area (Å²) in [6, 6.07) is 4.88. The summed E-state index contributed by atoms with van der Waals surface area (Å²) in [5.41, 5.74) is 0.451. The van der Waals surface area contributed by atoms with E-state index in [4.69, 9.17) is 9.47 Å². The lowest BCUT2D eigenvalue weighted by Crippen LogP contribution is -2.34. The minimum atomic E-state index is -4.04. The predicted molar refractivity (Wildman–Crippen MR) is 97.8 cm³/mol. The van der Waals surface area contributed by atoms with Crippen LogP contribution >= 0.6 is 0 Å². The summed E-state index contributed by atoms with van der Waals surface area (Å²) >= 11 is 0. The Kier molecular flexibility index (Phi) is 6.45. The molecule has 0 spiro atoms. The standard InChI is InChI=1S/C17H23N3O6S/c1-5-26-13-7-6-12(9-14(13)25-4)8-11(2)19-27(23,24)15-10-18-20(3)16(15)17(21)22/h6-7,9-11,19H,5,8H2,1-4H3,(H,21,22)/t11-/m1/s1. The SMILES string of the molecule is CCOc1ccc(C[C@@H](C)NS(=O)(=O)c2cnn(C)c2C(=O)O)cc1OC. The van der Waals surface area contributed by atoms with Gasteiger partial charge >= 0.3 is 5.97 Å². The number of aromatic carboxylic acids is 1. The van der Waals surface area contributed by atoms with Gasteiger partial charge in [-0.3, -0.25) is 4.68 Å². The lowest BCUT2D eigenvalue weighted by molar-refractivity contribution is 0.0680. The van der Waals surface area contributed by atoms with E-state index in [0.29, 0.717) is 24.5 Å². The smallest absolute Gasteiger partial charge is 0.355 e. The molecule has 0 unspecified atom stereocenters. The molecule has 148 valence electrons. The van der Waals surface area contributed by atoms with Crippen LogP contribution < -0.4 is 14.2 Å². The third kappa shape index (κ3) is 4.77. The van der Waals surface area contributed by atoms with E-state index in [1.54, 1.807) is 19.1 Å². The number of rotatable bonds is 9. The molecule has 0 aliphatic rings. The van der Waals surface area contributed by atoms with Crippen molar-refractivity contribution in [3.63, 3.8) is 0 Å². The molecular weight excluding hydrogens is 374 g/mol. The van der Waals surface area contributed by atoms with Crippen LogP contribution in [-0.4, -0.2) is 49.0 Å². The van der Waals surface area contributed by atoms with Crippen molar-refractivity contribution in [1.82, 2.24) is 14.5 Å². The van der Waals surface area contributed by atoms with Gasteiger partial charge in [-0.05, 0) is 38.0 Å². The Morgan fingerprint density at radius 1 is 1.37 bits per heavy atom. The lowest BCUT2D eigenvalue weighted by Gasteiger charge is -2.16. The Morgan fingerprint density at radius 3 is 2.67 bits per heavy atom. The van der Waals surface area contributed by atoms with Crippen molar-refractivity contribution in [2.24, 2.45) is 7.05 Å². The third-order valence-corrected chi connectivity index (χ3v) is 5.41. The van der Waals surface area contributed by atoms with Crippen molar-refractivity contribution in [2.75, 3.05) is 13.7 Å². The van der Waals surface area contributed by atoms with E-state index in [9.17, 15) is 18.3 Å². The summed E-state index contributed by atoms with van der Waals surface area (Å²) in [7, 11) is -1.13. The highest BCUT2D eigenvalue weighted by Gasteiger charge is 2.28. The normalized spacial score (nSPS) is 12.6. The molecule has 0 amide bonds. The maximum Gasteiger partial charge on any atom is 0.355 e. The molecule has 27 heavy (non-hydrogen) atoms. The minimum Gasteiger partial charge on any atom is -0.493 e. The van der Waals surface area contributed by atoms with Crippen LogP contribution in [0.3, 0.4) is 0 Å². The van der Waals surface area contributed by atoms with Gasteiger partial charge in [0.25, 0.3) is 0 Å². The Bertz CT molecular complexity index is 923. The van der Waals surface area contributed by atoms with E-state index in [-0.39, 0.29) is 4.90 Å². The van der Waals surface area contributed by atoms with E-state index in [0.717, 1.165) is 16.4 Å². The van der Waals surface area contributed by atoms with Gasteiger partial charge in [0.15, 0.2) is 17.2 Å². The Balaban J connectivity index is 2.18. The number of benzene rings is 1. The number of aryl methyl sites for hydroxylation is 1. The summed E-state index contributed by atoms with van der Waals surface area (Å²) in [5.74, 6) is -0.192. The molecule has 1 aromatic carbocycles. The van der Waals surface area contributed by atoms with Gasteiger partial charge < -0.3 is 14.6 Å². The van der Waals surface area contributed by atoms with Gasteiger partial charge in [-0.25, -0.2) is 17.9 Å². The van der Waals surface area contributed by atoms with Gasteiger partial charge in [0.1, 0.15) is 4.90 Å². The second-order valence-electron chi connectivity index (χ2n) is 5.93. The molecule has 0 saturated heterocycles. The fourth-order valence-electron chi connectivity index (χ4n) is 2.70. The molecule has 0 fully saturated rings. The average Bonchev–Trinajstić information content (AvgIpc) is 2.98. The molecule has 2 N–H and O–H groups in total. The fraction of sp³-hybridized carbons (Fsp3) is 0.412. The molecule has 0 bridgehead atoms. The number of methoxy groups -OCH3 is 1. The van der Waals surface area contributed by atoms with Crippen LogP contribution in [0.15, 0.2) is 29.3 Å². The van der Waals surface area contributed by atoms with Crippen molar-refractivity contribution < 1.29 is 27.8 Å². The number of sulfonamides is 1. The first kappa shape index (κ1) is 20.7. The summed E-state index contributed by atoms with van der Waals surface area (Å²) in [5, 5.41) is 12.9. The van der Waals surface area contributed by atoms with Crippen LogP contribution in [0.2, 0.25) is 0 Å². The molecule has 2 rings (SSSR count). The van der Waals surface area contributed by atoms with Gasteiger partial charge in [-0.15, -0.1) is 0 Å². The van der Waals surface area contributed by atoms with Crippen LogP contribution in [0.1, 0.15) is 29.9 Å².